The lowest BCUT2D eigenvalue weighted by Gasteiger charge is -2.15. The summed E-state index contributed by atoms with van der Waals surface area (Å²) in [7, 11) is 1.80. The minimum atomic E-state index is -0.00768. The van der Waals surface area contributed by atoms with Crippen molar-refractivity contribution in [3.8, 4) is 10.6 Å². The number of hydrogen-bond donors (Lipinski definition) is 0. The summed E-state index contributed by atoms with van der Waals surface area (Å²) < 4.78 is 0.737. The van der Waals surface area contributed by atoms with Gasteiger partial charge in [-0.05, 0) is 19.1 Å². The topological polar surface area (TPSA) is 33.2 Å². The molecule has 0 atom stereocenters. The molecule has 3 nitrogen and oxygen atoms in total. The predicted octanol–water partition coefficient (Wildman–Crippen LogP) is 5.11. The Labute approximate surface area is 148 Å². The first-order valence-corrected chi connectivity index (χ1v) is 9.08. The largest absolute Gasteiger partial charge is 0.336 e. The van der Waals surface area contributed by atoms with Crippen LogP contribution in [-0.4, -0.2) is 22.8 Å². The van der Waals surface area contributed by atoms with Gasteiger partial charge in [0.2, 0.25) is 0 Å². The van der Waals surface area contributed by atoms with Gasteiger partial charge in [-0.2, -0.15) is 0 Å². The van der Waals surface area contributed by atoms with E-state index in [9.17, 15) is 4.79 Å². The lowest BCUT2D eigenvalue weighted by atomic mass is 10.2. The van der Waals surface area contributed by atoms with Crippen LogP contribution >= 0.6 is 34.3 Å². The number of benzene rings is 1. The van der Waals surface area contributed by atoms with Crippen molar-refractivity contribution in [3.05, 3.63) is 62.2 Å². The van der Waals surface area contributed by atoms with Gasteiger partial charge in [0, 0.05) is 17.5 Å². The molecule has 0 unspecified atom stereocenters. The highest BCUT2D eigenvalue weighted by molar-refractivity contribution is 7.17. The Kier molecular flexibility index (Phi) is 4.80. The van der Waals surface area contributed by atoms with Gasteiger partial charge in [-0.3, -0.25) is 4.79 Å². The zero-order chi connectivity index (χ0) is 16.4. The van der Waals surface area contributed by atoms with E-state index in [1.165, 1.54) is 22.7 Å². The van der Waals surface area contributed by atoms with Crippen LogP contribution in [0.1, 0.15) is 20.2 Å². The number of aryl methyl sites for hydroxylation is 1. The quantitative estimate of drug-likeness (QED) is 0.646. The first-order valence-electron chi connectivity index (χ1n) is 7.07. The van der Waals surface area contributed by atoms with Crippen LogP contribution in [-0.2, 0) is 6.54 Å². The van der Waals surface area contributed by atoms with Crippen LogP contribution < -0.4 is 0 Å². The smallest absolute Gasteiger partial charge is 0.265 e. The Morgan fingerprint density at radius 1 is 1.17 bits per heavy atom. The number of carbonyl (C=O) groups excluding carboxylic acids is 1. The van der Waals surface area contributed by atoms with Crippen LogP contribution in [0.5, 0.6) is 0 Å². The van der Waals surface area contributed by atoms with Gasteiger partial charge in [0.05, 0.1) is 16.6 Å². The van der Waals surface area contributed by atoms with Crippen LogP contribution in [0.3, 0.4) is 0 Å². The van der Waals surface area contributed by atoms with Crippen LogP contribution in [0.15, 0.2) is 42.5 Å². The van der Waals surface area contributed by atoms with Crippen molar-refractivity contribution >= 4 is 40.2 Å². The molecule has 0 bridgehead atoms. The fourth-order valence-electron chi connectivity index (χ4n) is 2.21. The summed E-state index contributed by atoms with van der Waals surface area (Å²) in [4.78, 5) is 20.7. The van der Waals surface area contributed by atoms with Crippen molar-refractivity contribution in [3.63, 3.8) is 0 Å². The highest BCUT2D eigenvalue weighted by atomic mass is 35.5. The number of carbonyl (C=O) groups is 1. The third-order valence-electron chi connectivity index (χ3n) is 3.38. The van der Waals surface area contributed by atoms with Crippen LogP contribution in [0, 0.1) is 6.92 Å². The van der Waals surface area contributed by atoms with E-state index in [1.807, 2.05) is 49.4 Å². The van der Waals surface area contributed by atoms with Crippen molar-refractivity contribution in [2.45, 2.75) is 13.5 Å². The van der Waals surface area contributed by atoms with E-state index in [0.717, 1.165) is 25.5 Å². The van der Waals surface area contributed by atoms with Gasteiger partial charge in [-0.1, -0.05) is 41.9 Å². The zero-order valence-electron chi connectivity index (χ0n) is 12.7. The van der Waals surface area contributed by atoms with Gasteiger partial charge in [0.25, 0.3) is 5.91 Å². The van der Waals surface area contributed by atoms with Crippen molar-refractivity contribution in [1.29, 1.82) is 0 Å². The molecule has 0 radical (unpaired) electrons. The molecule has 2 heterocycles. The van der Waals surface area contributed by atoms with Crippen LogP contribution in [0.25, 0.3) is 10.6 Å². The summed E-state index contributed by atoms with van der Waals surface area (Å²) in [5.41, 5.74) is 1.81. The summed E-state index contributed by atoms with van der Waals surface area (Å²) in [6, 6.07) is 13.7. The minimum Gasteiger partial charge on any atom is -0.336 e. The van der Waals surface area contributed by atoms with Crippen molar-refractivity contribution in [1.82, 2.24) is 9.88 Å². The fourth-order valence-corrected chi connectivity index (χ4v) is 4.42. The molecular formula is C17H15ClN2OS2. The average Bonchev–Trinajstić information content (AvgIpc) is 3.13. The van der Waals surface area contributed by atoms with E-state index in [0.29, 0.717) is 11.4 Å². The molecule has 0 aliphatic rings. The number of amides is 1. The molecule has 3 aromatic rings. The van der Waals surface area contributed by atoms with Gasteiger partial charge < -0.3 is 4.90 Å². The SMILES string of the molecule is Cc1nc(-c2ccccc2)sc1C(=O)N(C)Cc1ccc(Cl)s1. The molecule has 1 aromatic carbocycles. The zero-order valence-corrected chi connectivity index (χ0v) is 15.1. The Balaban J connectivity index is 1.81. The lowest BCUT2D eigenvalue weighted by molar-refractivity contribution is 0.0790. The van der Waals surface area contributed by atoms with E-state index in [2.05, 4.69) is 4.98 Å². The third-order valence-corrected chi connectivity index (χ3v) is 5.79. The van der Waals surface area contributed by atoms with E-state index < -0.39 is 0 Å². The molecule has 23 heavy (non-hydrogen) atoms. The predicted molar refractivity (Wildman–Crippen MR) is 97.4 cm³/mol. The van der Waals surface area contributed by atoms with Gasteiger partial charge in [0.1, 0.15) is 9.88 Å². The van der Waals surface area contributed by atoms with Gasteiger partial charge in [0.15, 0.2) is 0 Å². The Morgan fingerprint density at radius 2 is 1.91 bits per heavy atom. The first-order chi connectivity index (χ1) is 11.0. The van der Waals surface area contributed by atoms with Gasteiger partial charge >= 0.3 is 0 Å². The van der Waals surface area contributed by atoms with Crippen LogP contribution in [0.4, 0.5) is 0 Å². The number of nitrogens with zero attached hydrogens (tertiary/aromatic N) is 2. The molecule has 0 aliphatic carbocycles. The number of thiophene rings is 1. The highest BCUT2D eigenvalue weighted by Gasteiger charge is 2.20. The van der Waals surface area contributed by atoms with E-state index in [-0.39, 0.29) is 5.91 Å². The number of halogens is 1. The molecule has 0 aliphatic heterocycles. The highest BCUT2D eigenvalue weighted by Crippen LogP contribution is 2.29. The summed E-state index contributed by atoms with van der Waals surface area (Å²) in [6.45, 7) is 2.43. The van der Waals surface area contributed by atoms with Gasteiger partial charge in [-0.15, -0.1) is 22.7 Å². The molecule has 3 rings (SSSR count). The first kappa shape index (κ1) is 16.2. The molecule has 1 amide bonds. The Morgan fingerprint density at radius 3 is 2.57 bits per heavy atom. The number of rotatable bonds is 4. The Bertz CT molecular complexity index is 826. The molecule has 0 saturated heterocycles. The number of hydrogen-bond acceptors (Lipinski definition) is 4. The second-order valence-electron chi connectivity index (χ2n) is 5.17. The van der Waals surface area contributed by atoms with E-state index >= 15 is 0 Å². The number of thiazole rings is 1. The third kappa shape index (κ3) is 3.63. The van der Waals surface area contributed by atoms with Crippen molar-refractivity contribution < 1.29 is 4.79 Å². The summed E-state index contributed by atoms with van der Waals surface area (Å²) in [5, 5.41) is 0.874. The molecule has 0 spiro atoms. The second-order valence-corrected chi connectivity index (χ2v) is 7.97. The normalized spacial score (nSPS) is 10.7. The molecule has 0 N–H and O–H groups in total. The average molecular weight is 363 g/mol. The summed E-state index contributed by atoms with van der Waals surface area (Å²) in [5.74, 6) is -0.00768. The second kappa shape index (κ2) is 6.83. The van der Waals surface area contributed by atoms with E-state index in [4.69, 9.17) is 11.6 Å². The Hall–Kier alpha value is -1.69. The maximum Gasteiger partial charge on any atom is 0.265 e. The maximum absolute atomic E-state index is 12.7. The van der Waals surface area contributed by atoms with Gasteiger partial charge in [-0.25, -0.2) is 4.98 Å². The molecule has 0 fully saturated rings. The maximum atomic E-state index is 12.7. The lowest BCUT2D eigenvalue weighted by Crippen LogP contribution is -2.25. The van der Waals surface area contributed by atoms with E-state index in [1.54, 1.807) is 11.9 Å². The molecule has 2 aromatic heterocycles. The molecular weight excluding hydrogens is 348 g/mol. The fraction of sp³-hybridized carbons (Fsp3) is 0.176. The molecule has 0 saturated carbocycles. The monoisotopic (exact) mass is 362 g/mol. The molecule has 6 heteroatoms. The molecule has 118 valence electrons. The minimum absolute atomic E-state index is 0.00768. The van der Waals surface area contributed by atoms with Crippen LogP contribution in [0.2, 0.25) is 4.34 Å². The summed E-state index contributed by atoms with van der Waals surface area (Å²) in [6.07, 6.45) is 0. The number of aromatic nitrogens is 1. The van der Waals surface area contributed by atoms with Crippen molar-refractivity contribution in [2.75, 3.05) is 7.05 Å². The van der Waals surface area contributed by atoms with Crippen molar-refractivity contribution in [2.24, 2.45) is 0 Å². The summed E-state index contributed by atoms with van der Waals surface area (Å²) >= 11 is 8.88. The standard InChI is InChI=1S/C17H15ClN2OS2/c1-11-15(23-16(19-11)12-6-4-3-5-7-12)17(21)20(2)10-13-8-9-14(18)22-13/h3-9H,10H2,1-2H3.